The maximum absolute atomic E-state index is 12.0. The predicted molar refractivity (Wildman–Crippen MR) is 77.0 cm³/mol. The van der Waals surface area contributed by atoms with E-state index in [0.717, 1.165) is 16.8 Å². The Kier molecular flexibility index (Phi) is 3.76. The average Bonchev–Trinajstić information content (AvgIpc) is 2.31. The summed E-state index contributed by atoms with van der Waals surface area (Å²) >= 11 is 5.78. The number of anilines is 1. The van der Waals surface area contributed by atoms with Crippen LogP contribution in [0.3, 0.4) is 0 Å². The molecule has 0 aliphatic heterocycles. The molecule has 0 atom stereocenters. The van der Waals surface area contributed by atoms with E-state index in [4.69, 9.17) is 11.6 Å². The van der Waals surface area contributed by atoms with Crippen molar-refractivity contribution in [3.8, 4) is 5.75 Å². The Morgan fingerprint density at radius 2 is 1.74 bits per heavy atom. The lowest BCUT2D eigenvalue weighted by Crippen LogP contribution is -2.12. The highest BCUT2D eigenvalue weighted by Crippen LogP contribution is 2.24. The monoisotopic (exact) mass is 275 g/mol. The Bertz CT molecular complexity index is 618. The molecule has 0 heterocycles. The Hall–Kier alpha value is -2.00. The molecule has 3 nitrogen and oxygen atoms in total. The zero-order valence-corrected chi connectivity index (χ0v) is 11.5. The van der Waals surface area contributed by atoms with Crippen molar-refractivity contribution in [2.24, 2.45) is 0 Å². The number of carbonyl (C=O) groups is 1. The first-order chi connectivity index (χ1) is 8.95. The van der Waals surface area contributed by atoms with E-state index < -0.39 is 0 Å². The van der Waals surface area contributed by atoms with E-state index >= 15 is 0 Å². The fraction of sp³-hybridized carbons (Fsp3) is 0.133. The van der Waals surface area contributed by atoms with Crippen LogP contribution in [0.15, 0.2) is 36.4 Å². The number of hydrogen-bond donors (Lipinski definition) is 2. The van der Waals surface area contributed by atoms with Crippen LogP contribution in [0.4, 0.5) is 5.69 Å². The van der Waals surface area contributed by atoms with E-state index in [2.05, 4.69) is 5.32 Å². The van der Waals surface area contributed by atoms with Gasteiger partial charge < -0.3 is 10.4 Å². The fourth-order valence-electron chi connectivity index (χ4n) is 1.90. The van der Waals surface area contributed by atoms with Gasteiger partial charge >= 0.3 is 0 Å². The highest BCUT2D eigenvalue weighted by molar-refractivity contribution is 6.32. The van der Waals surface area contributed by atoms with Crippen LogP contribution in [-0.4, -0.2) is 11.0 Å². The molecule has 19 heavy (non-hydrogen) atoms. The first-order valence-corrected chi connectivity index (χ1v) is 6.21. The lowest BCUT2D eigenvalue weighted by Gasteiger charge is -2.08. The molecule has 2 aromatic carbocycles. The normalized spacial score (nSPS) is 10.3. The minimum atomic E-state index is -0.257. The molecule has 0 spiro atoms. The maximum Gasteiger partial charge on any atom is 0.255 e. The lowest BCUT2D eigenvalue weighted by atomic mass is 10.1. The molecule has 0 saturated carbocycles. The number of halogens is 1. The Labute approximate surface area is 116 Å². The van der Waals surface area contributed by atoms with Crippen LogP contribution in [0, 0.1) is 13.8 Å². The van der Waals surface area contributed by atoms with Crippen LogP contribution < -0.4 is 5.32 Å². The molecule has 1 amide bonds. The largest absolute Gasteiger partial charge is 0.506 e. The molecule has 2 rings (SSSR count). The molecule has 0 aliphatic rings. The minimum absolute atomic E-state index is 0.0374. The van der Waals surface area contributed by atoms with Gasteiger partial charge in [-0.05, 0) is 55.3 Å². The van der Waals surface area contributed by atoms with E-state index in [1.54, 1.807) is 0 Å². The molecule has 4 heteroatoms. The second-order valence-corrected chi connectivity index (χ2v) is 4.90. The van der Waals surface area contributed by atoms with Crippen LogP contribution in [0.25, 0.3) is 0 Å². The molecule has 0 fully saturated rings. The molecule has 2 aromatic rings. The molecule has 0 saturated heterocycles. The lowest BCUT2D eigenvalue weighted by molar-refractivity contribution is 0.102. The number of aromatic hydroxyl groups is 1. The smallest absolute Gasteiger partial charge is 0.255 e. The number of nitrogens with one attached hydrogen (secondary N) is 1. The van der Waals surface area contributed by atoms with Gasteiger partial charge in [0, 0.05) is 11.3 Å². The summed E-state index contributed by atoms with van der Waals surface area (Å²) in [7, 11) is 0. The first-order valence-electron chi connectivity index (χ1n) is 5.84. The van der Waals surface area contributed by atoms with Gasteiger partial charge in [0.2, 0.25) is 0 Å². The SMILES string of the molecule is Cc1cc(C)cc(NC(=O)c2ccc(O)c(Cl)c2)c1. The van der Waals surface area contributed by atoms with E-state index in [9.17, 15) is 9.90 Å². The number of aryl methyl sites for hydroxylation is 2. The standard InChI is InChI=1S/C15H14ClNO2/c1-9-5-10(2)7-12(6-9)17-15(19)11-3-4-14(18)13(16)8-11/h3-8,18H,1-2H3,(H,17,19). The zero-order valence-electron chi connectivity index (χ0n) is 10.7. The molecular weight excluding hydrogens is 262 g/mol. The topological polar surface area (TPSA) is 49.3 Å². The third kappa shape index (κ3) is 3.26. The second-order valence-electron chi connectivity index (χ2n) is 4.50. The molecule has 98 valence electrons. The van der Waals surface area contributed by atoms with Gasteiger partial charge in [-0.1, -0.05) is 17.7 Å². The third-order valence-electron chi connectivity index (χ3n) is 2.69. The summed E-state index contributed by atoms with van der Waals surface area (Å²) in [6.45, 7) is 3.94. The van der Waals surface area contributed by atoms with Gasteiger partial charge in [-0.15, -0.1) is 0 Å². The van der Waals surface area contributed by atoms with Gasteiger partial charge in [-0.25, -0.2) is 0 Å². The van der Waals surface area contributed by atoms with E-state index in [-0.39, 0.29) is 16.7 Å². The van der Waals surface area contributed by atoms with Crippen molar-refractivity contribution in [2.45, 2.75) is 13.8 Å². The molecule has 0 aliphatic carbocycles. The minimum Gasteiger partial charge on any atom is -0.506 e. The number of phenols is 1. The number of phenolic OH excluding ortho intramolecular Hbond substituents is 1. The highest BCUT2D eigenvalue weighted by Gasteiger charge is 2.09. The molecule has 0 radical (unpaired) electrons. The third-order valence-corrected chi connectivity index (χ3v) is 2.99. The van der Waals surface area contributed by atoms with Crippen molar-refractivity contribution >= 4 is 23.2 Å². The van der Waals surface area contributed by atoms with Crippen LogP contribution in [0.5, 0.6) is 5.75 Å². The van der Waals surface area contributed by atoms with Crippen LogP contribution in [0.1, 0.15) is 21.5 Å². The highest BCUT2D eigenvalue weighted by atomic mass is 35.5. The summed E-state index contributed by atoms with van der Waals surface area (Å²) in [4.78, 5) is 12.0. The summed E-state index contributed by atoms with van der Waals surface area (Å²) in [5.74, 6) is -0.295. The summed E-state index contributed by atoms with van der Waals surface area (Å²) in [6, 6.07) is 10.2. The predicted octanol–water partition coefficient (Wildman–Crippen LogP) is 3.91. The Morgan fingerprint density at radius 1 is 1.11 bits per heavy atom. The van der Waals surface area contributed by atoms with Crippen molar-refractivity contribution < 1.29 is 9.90 Å². The van der Waals surface area contributed by atoms with E-state index in [1.165, 1.54) is 18.2 Å². The molecule has 2 N–H and O–H groups in total. The molecule has 0 bridgehead atoms. The van der Waals surface area contributed by atoms with E-state index in [0.29, 0.717) is 5.56 Å². The van der Waals surface area contributed by atoms with Gasteiger partial charge in [0.15, 0.2) is 0 Å². The van der Waals surface area contributed by atoms with Crippen LogP contribution in [0.2, 0.25) is 5.02 Å². The number of hydrogen-bond acceptors (Lipinski definition) is 2. The van der Waals surface area contributed by atoms with Crippen molar-refractivity contribution in [1.29, 1.82) is 0 Å². The zero-order chi connectivity index (χ0) is 14.0. The van der Waals surface area contributed by atoms with Gasteiger partial charge in [0.1, 0.15) is 5.75 Å². The molecular formula is C15H14ClNO2. The average molecular weight is 276 g/mol. The fourth-order valence-corrected chi connectivity index (χ4v) is 2.08. The Balaban J connectivity index is 2.22. The first kappa shape index (κ1) is 13.4. The summed E-state index contributed by atoms with van der Waals surface area (Å²) in [5, 5.41) is 12.3. The van der Waals surface area contributed by atoms with Gasteiger partial charge in [0.25, 0.3) is 5.91 Å². The van der Waals surface area contributed by atoms with Crippen LogP contribution >= 0.6 is 11.6 Å². The summed E-state index contributed by atoms with van der Waals surface area (Å²) in [6.07, 6.45) is 0. The van der Waals surface area contributed by atoms with Crippen molar-refractivity contribution in [3.63, 3.8) is 0 Å². The van der Waals surface area contributed by atoms with Crippen molar-refractivity contribution in [1.82, 2.24) is 0 Å². The number of rotatable bonds is 2. The van der Waals surface area contributed by atoms with Gasteiger partial charge in [-0.3, -0.25) is 4.79 Å². The van der Waals surface area contributed by atoms with Crippen molar-refractivity contribution in [3.05, 3.63) is 58.1 Å². The molecule has 0 unspecified atom stereocenters. The van der Waals surface area contributed by atoms with Crippen LogP contribution in [-0.2, 0) is 0 Å². The summed E-state index contributed by atoms with van der Waals surface area (Å²) in [5.41, 5.74) is 3.31. The quantitative estimate of drug-likeness (QED) is 0.873. The Morgan fingerprint density at radius 3 is 2.32 bits per heavy atom. The van der Waals surface area contributed by atoms with Gasteiger partial charge in [0.05, 0.1) is 5.02 Å². The number of amides is 1. The molecule has 0 aromatic heterocycles. The van der Waals surface area contributed by atoms with Gasteiger partial charge in [-0.2, -0.15) is 0 Å². The summed E-state index contributed by atoms with van der Waals surface area (Å²) < 4.78 is 0. The number of benzene rings is 2. The number of carbonyl (C=O) groups excluding carboxylic acids is 1. The van der Waals surface area contributed by atoms with E-state index in [1.807, 2.05) is 32.0 Å². The van der Waals surface area contributed by atoms with Crippen molar-refractivity contribution in [2.75, 3.05) is 5.32 Å². The second kappa shape index (κ2) is 5.33. The maximum atomic E-state index is 12.0.